The number of hydrogen-bond acceptors (Lipinski definition) is 17. The number of hydrogen-bond donors (Lipinski definition) is 3. The number of amides is 2. The maximum Gasteiger partial charge on any atom is 0.442 e. The van der Waals surface area contributed by atoms with Gasteiger partial charge in [0.25, 0.3) is 10.0 Å². The number of halogens is 3. The lowest BCUT2D eigenvalue weighted by Crippen LogP contribution is -2.36. The number of carbonyl (C=O) groups excluding carboxylic acids is 1. The topological polar surface area (TPSA) is 288 Å². The van der Waals surface area contributed by atoms with E-state index < -0.39 is 59.7 Å². The summed E-state index contributed by atoms with van der Waals surface area (Å²) in [7, 11) is -6.04. The zero-order chi connectivity index (χ0) is 50.8. The molecule has 7 rings (SSSR count). The van der Waals surface area contributed by atoms with Crippen LogP contribution in [-0.2, 0) is 30.1 Å². The van der Waals surface area contributed by atoms with Gasteiger partial charge in [0.15, 0.2) is 26.5 Å². The smallest absolute Gasteiger partial charge is 0.442 e. The molecule has 2 amide bonds. The van der Waals surface area contributed by atoms with Crippen molar-refractivity contribution in [3.05, 3.63) is 105 Å². The Morgan fingerprint density at radius 3 is 2.20 bits per heavy atom. The van der Waals surface area contributed by atoms with Gasteiger partial charge in [0, 0.05) is 29.3 Å². The van der Waals surface area contributed by atoms with Gasteiger partial charge in [0.05, 0.1) is 46.8 Å². The maximum absolute atomic E-state index is 13.0. The van der Waals surface area contributed by atoms with Crippen LogP contribution in [0.15, 0.2) is 92.3 Å². The third-order valence-electron chi connectivity index (χ3n) is 8.70. The Labute approximate surface area is 408 Å². The van der Waals surface area contributed by atoms with Crippen LogP contribution < -0.4 is 34.7 Å². The molecular weight excluding hydrogens is 1010 g/mol. The molecule has 2 aromatic carbocycles. The largest absolute Gasteiger partial charge is 0.481 e. The second-order valence-electron chi connectivity index (χ2n) is 14.6. The number of ether oxygens (including phenoxy) is 4. The summed E-state index contributed by atoms with van der Waals surface area (Å²) in [6.07, 6.45) is 8.08. The predicted molar refractivity (Wildman–Crippen MR) is 252 cm³/mol. The zero-order valence-electron chi connectivity index (χ0n) is 37.1. The zero-order valence-corrected chi connectivity index (χ0v) is 41.0. The predicted octanol–water partition coefficient (Wildman–Crippen LogP) is 6.24. The number of aliphatic carboxylic acids is 1. The Hall–Kier alpha value is -7.17. The standard InChI is InChI=1S/C16H18N6O7S2.C15H14Cl2N2O3.C11H8ClNO3/c1-4-30(24,25)13-14(22-8-6-5-7-10(22)17-13)31(26,27)21-16(23)20-15-18-11(28-2)9-12(19-15)29-3;1-5-6-21-12-8-11(9(16)7-10(12)17)19-14(20)22-13(18-19)15(2,3)4;12-8-3-4-9(16-6-10(14)15)11-7(8)2-1-5-13-11/h5-9H,4H2,1-3H3,(H2,18,19,20,21,23);1,7-8H,6H2,2-4H3;1-5H,6H2,(H,14,15). The Balaban J connectivity index is 0.000000204. The summed E-state index contributed by atoms with van der Waals surface area (Å²) < 4.78 is 80.2. The number of rotatable bonds is 13. The van der Waals surface area contributed by atoms with Crippen LogP contribution in [0.4, 0.5) is 10.7 Å². The number of nitrogens with one attached hydrogen (secondary N) is 2. The van der Waals surface area contributed by atoms with E-state index in [0.29, 0.717) is 33.6 Å². The van der Waals surface area contributed by atoms with Gasteiger partial charge in [-0.1, -0.05) is 74.5 Å². The SMILES string of the molecule is C#CCOc1cc(-n2nc(C(C)(C)C)oc2=O)c(Cl)cc1Cl.CCS(=O)(=O)c1nc2ccccn2c1S(=O)(=O)NC(=O)Nc1nc(OC)cc(OC)n1.O=C(O)COc1ccc(Cl)c2cccnc12. The molecular formula is C42H40Cl3N9O13S2. The first-order valence-electron chi connectivity index (χ1n) is 19.6. The van der Waals surface area contributed by atoms with Crippen LogP contribution >= 0.6 is 34.8 Å². The number of sulfone groups is 1. The molecule has 0 aliphatic carbocycles. The first-order valence-corrected chi connectivity index (χ1v) is 23.8. The Bertz CT molecular complexity index is 3350. The van der Waals surface area contributed by atoms with E-state index in [2.05, 4.69) is 36.3 Å². The second-order valence-corrected chi connectivity index (χ2v) is 19.6. The molecule has 69 heavy (non-hydrogen) atoms. The van der Waals surface area contributed by atoms with Crippen molar-refractivity contribution in [2.45, 2.75) is 43.2 Å². The Morgan fingerprint density at radius 2 is 1.59 bits per heavy atom. The molecule has 3 N–H and O–H groups in total. The average Bonchev–Trinajstić information content (AvgIpc) is 3.91. The van der Waals surface area contributed by atoms with E-state index in [-0.39, 0.29) is 45.8 Å². The third kappa shape index (κ3) is 13.1. The Morgan fingerprint density at radius 1 is 0.899 bits per heavy atom. The van der Waals surface area contributed by atoms with E-state index in [4.69, 9.17) is 69.7 Å². The van der Waals surface area contributed by atoms with Gasteiger partial charge in [0.2, 0.25) is 23.6 Å². The highest BCUT2D eigenvalue weighted by molar-refractivity contribution is 7.93. The molecule has 0 bridgehead atoms. The van der Waals surface area contributed by atoms with Gasteiger partial charge < -0.3 is 28.5 Å². The first kappa shape index (κ1) is 52.8. The lowest BCUT2D eigenvalue weighted by molar-refractivity contribution is -0.139. The first-order chi connectivity index (χ1) is 32.5. The number of imidazole rings is 1. The number of pyridine rings is 2. The average molecular weight is 1050 g/mol. The van der Waals surface area contributed by atoms with Gasteiger partial charge in [-0.2, -0.15) is 23.1 Å². The number of anilines is 1. The van der Waals surface area contributed by atoms with Gasteiger partial charge in [0.1, 0.15) is 29.3 Å². The fraction of sp³-hybridized carbons (Fsp3) is 0.238. The minimum atomic E-state index is -4.68. The molecule has 364 valence electrons. The third-order valence-corrected chi connectivity index (χ3v) is 12.7. The van der Waals surface area contributed by atoms with Crippen molar-refractivity contribution < 1.29 is 54.9 Å². The molecule has 0 atom stereocenters. The summed E-state index contributed by atoms with van der Waals surface area (Å²) >= 11 is 18.2. The van der Waals surface area contributed by atoms with Crippen LogP contribution in [0.5, 0.6) is 23.3 Å². The number of benzene rings is 2. The molecule has 5 heterocycles. The lowest BCUT2D eigenvalue weighted by Gasteiger charge is -2.11. The molecule has 0 spiro atoms. The number of fused-ring (bicyclic) bond motifs is 2. The van der Waals surface area contributed by atoms with Crippen molar-refractivity contribution in [1.82, 2.24) is 38.8 Å². The molecule has 7 aromatic rings. The fourth-order valence-electron chi connectivity index (χ4n) is 5.51. The minimum Gasteiger partial charge on any atom is -0.481 e. The summed E-state index contributed by atoms with van der Waals surface area (Å²) in [6.45, 7) is 6.65. The van der Waals surface area contributed by atoms with Crippen molar-refractivity contribution in [2.24, 2.45) is 0 Å². The highest BCUT2D eigenvalue weighted by Crippen LogP contribution is 2.33. The van der Waals surface area contributed by atoms with Gasteiger partial charge in [-0.15, -0.1) is 11.5 Å². The van der Waals surface area contributed by atoms with E-state index in [1.54, 1.807) is 41.3 Å². The fourth-order valence-corrected chi connectivity index (χ4v) is 8.91. The quantitative estimate of drug-likeness (QED) is 0.108. The number of carbonyl (C=O) groups is 2. The van der Waals surface area contributed by atoms with E-state index in [1.165, 1.54) is 57.7 Å². The number of methoxy groups -OCH3 is 2. The summed E-state index contributed by atoms with van der Waals surface area (Å²) in [5.41, 5.74) is 0.543. The van der Waals surface area contributed by atoms with E-state index in [9.17, 15) is 31.2 Å². The van der Waals surface area contributed by atoms with E-state index in [1.807, 2.05) is 20.8 Å². The van der Waals surface area contributed by atoms with Crippen molar-refractivity contribution in [1.29, 1.82) is 0 Å². The molecule has 0 saturated heterocycles. The molecule has 0 unspecified atom stereocenters. The van der Waals surface area contributed by atoms with Crippen molar-refractivity contribution in [2.75, 3.05) is 38.5 Å². The number of urea groups is 1. The van der Waals surface area contributed by atoms with Crippen molar-refractivity contribution in [3.8, 4) is 41.3 Å². The number of sulfonamides is 1. The molecule has 5 aromatic heterocycles. The van der Waals surface area contributed by atoms with Crippen LogP contribution in [0.3, 0.4) is 0 Å². The van der Waals surface area contributed by atoms with Crippen molar-refractivity contribution in [3.63, 3.8) is 0 Å². The summed E-state index contributed by atoms with van der Waals surface area (Å²) in [5, 5.41) is 15.3. The van der Waals surface area contributed by atoms with Gasteiger partial charge in [-0.05, 0) is 42.5 Å². The molecule has 0 saturated carbocycles. The van der Waals surface area contributed by atoms with Gasteiger partial charge >= 0.3 is 17.8 Å². The monoisotopic (exact) mass is 1050 g/mol. The maximum atomic E-state index is 13.0. The number of terminal acetylenes is 1. The number of carboxylic acids is 1. The normalized spacial score (nSPS) is 11.3. The number of aromatic nitrogens is 7. The van der Waals surface area contributed by atoms with Crippen LogP contribution in [-0.4, -0.2) is 101 Å². The number of carboxylic acid groups (broad SMARTS) is 1. The Kier molecular flexibility index (Phi) is 17.1. The highest BCUT2D eigenvalue weighted by atomic mass is 35.5. The lowest BCUT2D eigenvalue weighted by atomic mass is 9.97. The molecule has 0 aliphatic heterocycles. The molecule has 0 radical (unpaired) electrons. The highest BCUT2D eigenvalue weighted by Gasteiger charge is 2.33. The second kappa shape index (κ2) is 22.3. The summed E-state index contributed by atoms with van der Waals surface area (Å²) in [6, 6.07) is 14.4. The summed E-state index contributed by atoms with van der Waals surface area (Å²) in [5.74, 6) is 1.13. The minimum absolute atomic E-state index is 0.0434. The van der Waals surface area contributed by atoms with Gasteiger partial charge in [-0.25, -0.2) is 32.5 Å². The van der Waals surface area contributed by atoms with Crippen LogP contribution in [0.25, 0.3) is 22.2 Å². The summed E-state index contributed by atoms with van der Waals surface area (Å²) in [4.78, 5) is 50.5. The van der Waals surface area contributed by atoms with E-state index in [0.717, 1.165) is 14.5 Å². The molecule has 27 heteroatoms. The van der Waals surface area contributed by atoms with Crippen LogP contribution in [0, 0.1) is 12.3 Å². The molecule has 0 aliphatic rings. The van der Waals surface area contributed by atoms with E-state index >= 15 is 0 Å². The number of nitrogens with zero attached hydrogens (tertiary/aromatic N) is 7. The van der Waals surface area contributed by atoms with Gasteiger partial charge in [-0.3, -0.25) is 14.7 Å². The van der Waals surface area contributed by atoms with Crippen LogP contribution in [0.1, 0.15) is 33.6 Å². The van der Waals surface area contributed by atoms with Crippen LogP contribution in [0.2, 0.25) is 15.1 Å². The van der Waals surface area contributed by atoms with Crippen molar-refractivity contribution >= 4 is 89.2 Å². The molecule has 22 nitrogen and oxygen atoms in total. The molecule has 0 fully saturated rings.